The van der Waals surface area contributed by atoms with Gasteiger partial charge in [-0.2, -0.15) is 0 Å². The standard InChI is InChI=1S/C14H22N2O3S/c1-2-16-20(17,18)14-9-4-3-8-13(14)19-12-7-5-6-11(15)10-12/h3-4,8-9,11-12,16H,2,5-7,10,15H2,1H3. The molecule has 1 fully saturated rings. The maximum atomic E-state index is 12.1. The Morgan fingerprint density at radius 2 is 2.10 bits per heavy atom. The number of nitrogens with one attached hydrogen (secondary N) is 1. The number of hydrogen-bond donors (Lipinski definition) is 2. The third kappa shape index (κ3) is 3.71. The summed E-state index contributed by atoms with van der Waals surface area (Å²) >= 11 is 0. The summed E-state index contributed by atoms with van der Waals surface area (Å²) in [5.41, 5.74) is 5.94. The van der Waals surface area contributed by atoms with Crippen LogP contribution in [-0.2, 0) is 10.0 Å². The average molecular weight is 298 g/mol. The van der Waals surface area contributed by atoms with Gasteiger partial charge in [-0.3, -0.25) is 0 Å². The van der Waals surface area contributed by atoms with Crippen molar-refractivity contribution in [2.24, 2.45) is 5.73 Å². The third-order valence-corrected chi connectivity index (χ3v) is 5.02. The molecule has 1 aliphatic carbocycles. The van der Waals surface area contributed by atoms with Gasteiger partial charge in [0.2, 0.25) is 10.0 Å². The van der Waals surface area contributed by atoms with E-state index in [1.165, 1.54) is 0 Å². The molecule has 1 aliphatic rings. The number of sulfonamides is 1. The van der Waals surface area contributed by atoms with Crippen LogP contribution in [0.25, 0.3) is 0 Å². The largest absolute Gasteiger partial charge is 0.489 e. The van der Waals surface area contributed by atoms with Gasteiger partial charge in [-0.05, 0) is 37.8 Å². The lowest BCUT2D eigenvalue weighted by atomic mass is 9.93. The number of nitrogens with two attached hydrogens (primary N) is 1. The van der Waals surface area contributed by atoms with Crippen molar-refractivity contribution in [3.63, 3.8) is 0 Å². The summed E-state index contributed by atoms with van der Waals surface area (Å²) in [7, 11) is -3.51. The molecule has 0 amide bonds. The Hall–Kier alpha value is -1.11. The van der Waals surface area contributed by atoms with Crippen molar-refractivity contribution in [2.75, 3.05) is 6.54 Å². The summed E-state index contributed by atoms with van der Waals surface area (Å²) in [5.74, 6) is 0.410. The highest BCUT2D eigenvalue weighted by Gasteiger charge is 2.24. The van der Waals surface area contributed by atoms with E-state index >= 15 is 0 Å². The van der Waals surface area contributed by atoms with Crippen LogP contribution in [-0.4, -0.2) is 27.1 Å². The molecule has 5 nitrogen and oxygen atoms in total. The second-order valence-electron chi connectivity index (χ2n) is 5.11. The zero-order chi connectivity index (χ0) is 14.6. The molecule has 2 atom stereocenters. The van der Waals surface area contributed by atoms with E-state index in [0.717, 1.165) is 25.7 Å². The molecule has 112 valence electrons. The van der Waals surface area contributed by atoms with Gasteiger partial charge in [-0.1, -0.05) is 19.1 Å². The van der Waals surface area contributed by atoms with Gasteiger partial charge in [0.15, 0.2) is 0 Å². The van der Waals surface area contributed by atoms with Gasteiger partial charge < -0.3 is 10.5 Å². The summed E-state index contributed by atoms with van der Waals surface area (Å²) < 4.78 is 32.7. The van der Waals surface area contributed by atoms with Gasteiger partial charge in [0.25, 0.3) is 0 Å². The number of benzene rings is 1. The highest BCUT2D eigenvalue weighted by molar-refractivity contribution is 7.89. The highest BCUT2D eigenvalue weighted by Crippen LogP contribution is 2.28. The molecule has 1 saturated carbocycles. The van der Waals surface area contributed by atoms with E-state index in [0.29, 0.717) is 12.3 Å². The maximum Gasteiger partial charge on any atom is 0.244 e. The number of ether oxygens (including phenoxy) is 1. The molecule has 0 heterocycles. The van der Waals surface area contributed by atoms with Gasteiger partial charge in [-0.15, -0.1) is 0 Å². The van der Waals surface area contributed by atoms with Gasteiger partial charge in [0.05, 0.1) is 0 Å². The lowest BCUT2D eigenvalue weighted by molar-refractivity contribution is 0.140. The Morgan fingerprint density at radius 1 is 1.35 bits per heavy atom. The van der Waals surface area contributed by atoms with Crippen molar-refractivity contribution in [3.05, 3.63) is 24.3 Å². The monoisotopic (exact) mass is 298 g/mol. The minimum absolute atomic E-state index is 0.00303. The first kappa shape index (κ1) is 15.3. The number of rotatable bonds is 5. The lowest BCUT2D eigenvalue weighted by Crippen LogP contribution is -2.34. The van der Waals surface area contributed by atoms with Crippen molar-refractivity contribution >= 4 is 10.0 Å². The maximum absolute atomic E-state index is 12.1. The molecular formula is C14H22N2O3S. The van der Waals surface area contributed by atoms with E-state index in [4.69, 9.17) is 10.5 Å². The molecule has 3 N–H and O–H groups in total. The Morgan fingerprint density at radius 3 is 2.80 bits per heavy atom. The molecule has 0 aliphatic heterocycles. The molecule has 0 radical (unpaired) electrons. The first-order valence-electron chi connectivity index (χ1n) is 7.04. The minimum Gasteiger partial charge on any atom is -0.489 e. The van der Waals surface area contributed by atoms with Crippen LogP contribution in [0.1, 0.15) is 32.6 Å². The van der Waals surface area contributed by atoms with Gasteiger partial charge in [-0.25, -0.2) is 13.1 Å². The second kappa shape index (κ2) is 6.56. The van der Waals surface area contributed by atoms with E-state index in [2.05, 4.69) is 4.72 Å². The van der Waals surface area contributed by atoms with E-state index in [9.17, 15) is 8.42 Å². The van der Waals surface area contributed by atoms with E-state index in [1.54, 1.807) is 31.2 Å². The Labute approximate surface area is 120 Å². The Bertz CT molecular complexity index is 545. The number of para-hydroxylation sites is 1. The zero-order valence-corrected chi connectivity index (χ0v) is 12.5. The fraction of sp³-hybridized carbons (Fsp3) is 0.571. The van der Waals surface area contributed by atoms with Gasteiger partial charge >= 0.3 is 0 Å². The summed E-state index contributed by atoms with van der Waals surface area (Å²) in [5, 5.41) is 0. The fourth-order valence-corrected chi connectivity index (χ4v) is 3.68. The molecule has 0 aromatic heterocycles. The molecule has 1 aromatic carbocycles. The molecule has 1 aromatic rings. The first-order chi connectivity index (χ1) is 9.53. The SMILES string of the molecule is CCNS(=O)(=O)c1ccccc1OC1CCCC(N)C1. The Balaban J connectivity index is 2.20. The third-order valence-electron chi connectivity index (χ3n) is 3.43. The molecule has 2 unspecified atom stereocenters. The molecular weight excluding hydrogens is 276 g/mol. The van der Waals surface area contributed by atoms with Crippen LogP contribution in [0.3, 0.4) is 0 Å². The molecule has 0 spiro atoms. The highest BCUT2D eigenvalue weighted by atomic mass is 32.2. The Kier molecular flexibility index (Phi) is 5.01. The molecule has 0 saturated heterocycles. The predicted molar refractivity (Wildman–Crippen MR) is 78.2 cm³/mol. The van der Waals surface area contributed by atoms with Crippen LogP contribution in [0.15, 0.2) is 29.2 Å². The topological polar surface area (TPSA) is 81.4 Å². The van der Waals surface area contributed by atoms with E-state index in [-0.39, 0.29) is 17.0 Å². The average Bonchev–Trinajstić information content (AvgIpc) is 2.39. The quantitative estimate of drug-likeness (QED) is 0.865. The van der Waals surface area contributed by atoms with Gasteiger partial charge in [0.1, 0.15) is 16.7 Å². The minimum atomic E-state index is -3.51. The van der Waals surface area contributed by atoms with Crippen molar-refractivity contribution in [1.82, 2.24) is 4.72 Å². The van der Waals surface area contributed by atoms with Crippen LogP contribution < -0.4 is 15.2 Å². The first-order valence-corrected chi connectivity index (χ1v) is 8.52. The zero-order valence-electron chi connectivity index (χ0n) is 11.7. The molecule has 6 heteroatoms. The molecule has 0 bridgehead atoms. The van der Waals surface area contributed by atoms with Crippen LogP contribution in [0.4, 0.5) is 0 Å². The normalized spacial score (nSPS) is 23.5. The second-order valence-corrected chi connectivity index (χ2v) is 6.85. The van der Waals surface area contributed by atoms with Crippen molar-refractivity contribution in [1.29, 1.82) is 0 Å². The van der Waals surface area contributed by atoms with E-state index < -0.39 is 10.0 Å². The fourth-order valence-electron chi connectivity index (χ4n) is 2.50. The van der Waals surface area contributed by atoms with Crippen molar-refractivity contribution in [2.45, 2.75) is 49.6 Å². The summed E-state index contributed by atoms with van der Waals surface area (Å²) in [6.45, 7) is 2.10. The van der Waals surface area contributed by atoms with Crippen LogP contribution in [0.5, 0.6) is 5.75 Å². The van der Waals surface area contributed by atoms with Crippen LogP contribution >= 0.6 is 0 Å². The summed E-state index contributed by atoms with van der Waals surface area (Å²) in [6, 6.07) is 6.89. The van der Waals surface area contributed by atoms with Crippen LogP contribution in [0.2, 0.25) is 0 Å². The van der Waals surface area contributed by atoms with Crippen molar-refractivity contribution in [3.8, 4) is 5.75 Å². The molecule has 20 heavy (non-hydrogen) atoms. The smallest absolute Gasteiger partial charge is 0.244 e. The van der Waals surface area contributed by atoms with E-state index in [1.807, 2.05) is 0 Å². The summed E-state index contributed by atoms with van der Waals surface area (Å²) in [6.07, 6.45) is 3.72. The predicted octanol–water partition coefficient (Wildman–Crippen LogP) is 1.63. The van der Waals surface area contributed by atoms with Gasteiger partial charge in [0, 0.05) is 12.6 Å². The number of hydrogen-bond acceptors (Lipinski definition) is 4. The lowest BCUT2D eigenvalue weighted by Gasteiger charge is -2.28. The van der Waals surface area contributed by atoms with Crippen molar-refractivity contribution < 1.29 is 13.2 Å². The van der Waals surface area contributed by atoms with Crippen LogP contribution in [0, 0.1) is 0 Å². The summed E-state index contributed by atoms with van der Waals surface area (Å²) in [4.78, 5) is 0.195. The molecule has 2 rings (SSSR count).